The second-order valence-corrected chi connectivity index (χ2v) is 7.67. The Morgan fingerprint density at radius 1 is 1.41 bits per heavy atom. The van der Waals surface area contributed by atoms with E-state index in [2.05, 4.69) is 31.7 Å². The number of hydrogen-bond acceptors (Lipinski definition) is 8. The van der Waals surface area contributed by atoms with Gasteiger partial charge in [0.05, 0.1) is 29.2 Å². The largest absolute Gasteiger partial charge is 0.395 e. The molecule has 0 radical (unpaired) electrons. The molecule has 1 atom stereocenters. The summed E-state index contributed by atoms with van der Waals surface area (Å²) < 4.78 is 0. The number of aliphatic hydroxyl groups excluding tert-OH is 1. The Morgan fingerprint density at radius 3 is 2.96 bits per heavy atom. The van der Waals surface area contributed by atoms with Crippen LogP contribution >= 0.6 is 11.3 Å². The van der Waals surface area contributed by atoms with E-state index in [0.29, 0.717) is 23.8 Å². The highest BCUT2D eigenvalue weighted by atomic mass is 32.1. The lowest BCUT2D eigenvalue weighted by Gasteiger charge is -2.21. The van der Waals surface area contributed by atoms with Crippen molar-refractivity contribution in [3.05, 3.63) is 46.6 Å². The maximum Gasteiger partial charge on any atom is 0.229 e. The van der Waals surface area contributed by atoms with Gasteiger partial charge < -0.3 is 15.7 Å². The average Bonchev–Trinajstić information content (AvgIpc) is 3.25. The molecule has 0 spiro atoms. The highest BCUT2D eigenvalue weighted by molar-refractivity contribution is 7.13. The van der Waals surface area contributed by atoms with Crippen molar-refractivity contribution in [2.24, 2.45) is 0 Å². The highest BCUT2D eigenvalue weighted by Gasteiger charge is 2.35. The molecule has 0 saturated heterocycles. The first-order valence-electron chi connectivity index (χ1n) is 8.48. The van der Waals surface area contributed by atoms with E-state index in [-0.39, 0.29) is 6.61 Å². The van der Waals surface area contributed by atoms with Crippen LogP contribution in [-0.4, -0.2) is 33.2 Å². The third-order valence-corrected chi connectivity index (χ3v) is 5.58. The summed E-state index contributed by atoms with van der Waals surface area (Å²) >= 11 is 1.49. The molecule has 3 N–H and O–H groups in total. The van der Waals surface area contributed by atoms with E-state index >= 15 is 0 Å². The van der Waals surface area contributed by atoms with Crippen molar-refractivity contribution in [3.8, 4) is 17.3 Å². The van der Waals surface area contributed by atoms with E-state index < -0.39 is 5.41 Å². The number of hydrogen-bond donors (Lipinski definition) is 3. The molecule has 1 aliphatic rings. The molecule has 0 saturated carbocycles. The minimum atomic E-state index is -0.427. The zero-order chi connectivity index (χ0) is 19.0. The Hall–Kier alpha value is -3.02. The van der Waals surface area contributed by atoms with Crippen molar-refractivity contribution in [1.82, 2.24) is 15.0 Å². The maximum absolute atomic E-state index is 9.84. The zero-order valence-electron chi connectivity index (χ0n) is 14.9. The van der Waals surface area contributed by atoms with Gasteiger partial charge >= 0.3 is 0 Å². The van der Waals surface area contributed by atoms with Crippen molar-refractivity contribution < 1.29 is 5.11 Å². The highest BCUT2D eigenvalue weighted by Crippen LogP contribution is 2.41. The summed E-state index contributed by atoms with van der Waals surface area (Å²) in [5.74, 6) is 0.448. The lowest BCUT2D eigenvalue weighted by Crippen LogP contribution is -2.28. The zero-order valence-corrected chi connectivity index (χ0v) is 15.8. The summed E-state index contributed by atoms with van der Waals surface area (Å²) in [5.41, 5.74) is 4.30. The number of rotatable bonds is 4. The lowest BCUT2D eigenvalue weighted by molar-refractivity contribution is 0.219. The molecule has 0 fully saturated rings. The van der Waals surface area contributed by atoms with E-state index in [0.717, 1.165) is 27.6 Å². The number of fused-ring (bicyclic) bond motifs is 1. The van der Waals surface area contributed by atoms with Gasteiger partial charge in [-0.25, -0.2) is 15.0 Å². The smallest absolute Gasteiger partial charge is 0.229 e. The molecule has 8 heteroatoms. The predicted molar refractivity (Wildman–Crippen MR) is 105 cm³/mol. The Balaban J connectivity index is 1.75. The summed E-state index contributed by atoms with van der Waals surface area (Å²) in [5, 5.41) is 28.5. The molecule has 1 aromatic carbocycles. The third-order valence-electron chi connectivity index (χ3n) is 4.70. The predicted octanol–water partition coefficient (Wildman–Crippen LogP) is 3.20. The SMILES string of the molecule is Cc1csc(Nc2nccc(-c3cc(C#N)c4c(c3)C(C)(CO)CN4)n2)n1. The van der Waals surface area contributed by atoms with Gasteiger partial charge in [0.1, 0.15) is 6.07 Å². The fraction of sp³-hybridized carbons (Fsp3) is 0.263. The number of aliphatic hydroxyl groups is 1. The van der Waals surface area contributed by atoms with Crippen LogP contribution in [0.2, 0.25) is 0 Å². The van der Waals surface area contributed by atoms with E-state index in [9.17, 15) is 10.4 Å². The van der Waals surface area contributed by atoms with E-state index in [1.165, 1.54) is 11.3 Å². The number of benzene rings is 1. The minimum Gasteiger partial charge on any atom is -0.395 e. The summed E-state index contributed by atoms with van der Waals surface area (Å²) in [6, 6.07) is 7.86. The van der Waals surface area contributed by atoms with Crippen LogP contribution in [0.5, 0.6) is 0 Å². The molecule has 1 aliphatic heterocycles. The monoisotopic (exact) mass is 378 g/mol. The van der Waals surface area contributed by atoms with Crippen LogP contribution in [0.15, 0.2) is 29.8 Å². The van der Waals surface area contributed by atoms with Crippen LogP contribution in [0.25, 0.3) is 11.3 Å². The van der Waals surface area contributed by atoms with Gasteiger partial charge in [0.25, 0.3) is 0 Å². The second kappa shape index (κ2) is 6.61. The fourth-order valence-corrected chi connectivity index (χ4v) is 3.83. The van der Waals surface area contributed by atoms with Gasteiger partial charge in [-0.05, 0) is 30.7 Å². The molecule has 1 unspecified atom stereocenters. The standard InChI is InChI=1S/C19H18N6OS/c1-11-8-27-18(23-11)25-17-21-4-3-15(24-17)12-5-13(7-20)16-14(6-12)19(2,10-26)9-22-16/h3-6,8,22,26H,9-10H2,1-2H3,(H,21,23,24,25). The van der Waals surface area contributed by atoms with Gasteiger partial charge in [0.2, 0.25) is 5.95 Å². The average molecular weight is 378 g/mol. The van der Waals surface area contributed by atoms with Crippen molar-refractivity contribution >= 4 is 28.1 Å². The summed E-state index contributed by atoms with van der Waals surface area (Å²) in [6.07, 6.45) is 1.67. The van der Waals surface area contributed by atoms with Crippen LogP contribution in [-0.2, 0) is 5.41 Å². The Bertz CT molecular complexity index is 1060. The number of nitrogens with one attached hydrogen (secondary N) is 2. The first kappa shape index (κ1) is 17.4. The summed E-state index contributed by atoms with van der Waals surface area (Å²) in [6.45, 7) is 4.51. The van der Waals surface area contributed by atoms with Crippen LogP contribution < -0.4 is 10.6 Å². The molecule has 2 aromatic heterocycles. The minimum absolute atomic E-state index is 0.00129. The maximum atomic E-state index is 9.84. The quantitative estimate of drug-likeness (QED) is 0.640. The van der Waals surface area contributed by atoms with Crippen molar-refractivity contribution in [1.29, 1.82) is 5.26 Å². The fourth-order valence-electron chi connectivity index (χ4n) is 3.15. The molecule has 136 valence electrons. The first-order valence-corrected chi connectivity index (χ1v) is 9.36. The second-order valence-electron chi connectivity index (χ2n) is 6.82. The molecule has 0 amide bonds. The van der Waals surface area contributed by atoms with Crippen molar-refractivity contribution in [2.45, 2.75) is 19.3 Å². The number of aryl methyl sites for hydroxylation is 1. The van der Waals surface area contributed by atoms with Gasteiger partial charge in [-0.1, -0.05) is 6.92 Å². The normalized spacial score (nSPS) is 17.9. The third kappa shape index (κ3) is 3.12. The molecule has 7 nitrogen and oxygen atoms in total. The van der Waals surface area contributed by atoms with E-state index in [4.69, 9.17) is 0 Å². The van der Waals surface area contributed by atoms with Crippen molar-refractivity contribution in [2.75, 3.05) is 23.8 Å². The molecule has 4 rings (SSSR count). The van der Waals surface area contributed by atoms with E-state index in [1.807, 2.05) is 31.4 Å². The lowest BCUT2D eigenvalue weighted by atomic mass is 9.83. The summed E-state index contributed by atoms with van der Waals surface area (Å²) in [4.78, 5) is 13.2. The van der Waals surface area contributed by atoms with Crippen molar-refractivity contribution in [3.63, 3.8) is 0 Å². The number of thiazole rings is 1. The molecule has 0 bridgehead atoms. The van der Waals surface area contributed by atoms with Crippen LogP contribution in [0.3, 0.4) is 0 Å². The van der Waals surface area contributed by atoms with Gasteiger partial charge in [-0.3, -0.25) is 0 Å². The molecular weight excluding hydrogens is 360 g/mol. The number of nitriles is 1. The van der Waals surface area contributed by atoms with Gasteiger partial charge in [0.15, 0.2) is 5.13 Å². The van der Waals surface area contributed by atoms with Gasteiger partial charge in [-0.15, -0.1) is 11.3 Å². The molecule has 3 heterocycles. The van der Waals surface area contributed by atoms with Gasteiger partial charge in [0, 0.05) is 29.1 Å². The van der Waals surface area contributed by atoms with Gasteiger partial charge in [-0.2, -0.15) is 5.26 Å². The Kier molecular flexibility index (Phi) is 4.26. The topological polar surface area (TPSA) is 107 Å². The van der Waals surface area contributed by atoms with Crippen LogP contribution in [0, 0.1) is 18.3 Å². The molecule has 0 aliphatic carbocycles. The molecular formula is C19H18N6OS. The summed E-state index contributed by atoms with van der Waals surface area (Å²) in [7, 11) is 0. The number of nitrogens with zero attached hydrogens (tertiary/aromatic N) is 4. The number of anilines is 3. The Morgan fingerprint density at radius 2 is 2.26 bits per heavy atom. The Labute approximate surface area is 160 Å². The molecule has 3 aromatic rings. The number of aromatic nitrogens is 3. The first-order chi connectivity index (χ1) is 13.0. The van der Waals surface area contributed by atoms with Crippen LogP contribution in [0.1, 0.15) is 23.7 Å². The molecule has 27 heavy (non-hydrogen) atoms. The van der Waals surface area contributed by atoms with E-state index in [1.54, 1.807) is 12.3 Å². The van der Waals surface area contributed by atoms with Crippen LogP contribution in [0.4, 0.5) is 16.8 Å².